The highest BCUT2D eigenvalue weighted by Crippen LogP contribution is 2.39. The maximum Gasteiger partial charge on any atom is 0.255 e. The third kappa shape index (κ3) is 4.12. The molecule has 0 spiro atoms. The number of aromatic amines is 1. The molecule has 4 rings (SSSR count). The molecule has 32 heavy (non-hydrogen) atoms. The van der Waals surface area contributed by atoms with Gasteiger partial charge in [-0.1, -0.05) is 24.3 Å². The Morgan fingerprint density at radius 1 is 1.12 bits per heavy atom. The lowest BCUT2D eigenvalue weighted by Gasteiger charge is -2.27. The van der Waals surface area contributed by atoms with Gasteiger partial charge in [0, 0.05) is 41.3 Å². The second-order valence-electron chi connectivity index (χ2n) is 7.44. The Balaban J connectivity index is 1.55. The number of hydrogen-bond acceptors (Lipinski definition) is 5. The smallest absolute Gasteiger partial charge is 0.255 e. The average Bonchev–Trinajstić information content (AvgIpc) is 3.26. The number of nitrogens with zero attached hydrogens (tertiary/aromatic N) is 1. The van der Waals surface area contributed by atoms with Crippen molar-refractivity contribution in [1.82, 2.24) is 9.88 Å². The molecule has 8 heteroatoms. The van der Waals surface area contributed by atoms with E-state index in [2.05, 4.69) is 23.2 Å². The number of primary amides is 1. The van der Waals surface area contributed by atoms with E-state index in [4.69, 9.17) is 19.9 Å². The third-order valence-corrected chi connectivity index (χ3v) is 5.50. The second-order valence-corrected chi connectivity index (χ2v) is 7.44. The van der Waals surface area contributed by atoms with Gasteiger partial charge in [-0.3, -0.25) is 9.59 Å². The highest BCUT2D eigenvalue weighted by atomic mass is 16.5. The number of benzene rings is 2. The zero-order valence-electron chi connectivity index (χ0n) is 18.0. The number of nitrogens with one attached hydrogen (secondary N) is 1. The van der Waals surface area contributed by atoms with Gasteiger partial charge >= 0.3 is 0 Å². The van der Waals surface area contributed by atoms with Gasteiger partial charge in [0.15, 0.2) is 18.1 Å². The van der Waals surface area contributed by atoms with E-state index in [9.17, 15) is 9.59 Å². The Hall–Kier alpha value is -3.94. The number of amides is 2. The molecule has 2 heterocycles. The maximum atomic E-state index is 13.2. The van der Waals surface area contributed by atoms with Gasteiger partial charge in [-0.05, 0) is 30.2 Å². The molecule has 0 fully saturated rings. The Morgan fingerprint density at radius 3 is 2.47 bits per heavy atom. The molecule has 0 bridgehead atoms. The summed E-state index contributed by atoms with van der Waals surface area (Å²) in [5.41, 5.74) is 9.06. The first-order chi connectivity index (χ1) is 15.5. The summed E-state index contributed by atoms with van der Waals surface area (Å²) in [6.07, 6.45) is 4.87. The van der Waals surface area contributed by atoms with Crippen molar-refractivity contribution in [2.75, 3.05) is 33.9 Å². The van der Waals surface area contributed by atoms with E-state index in [-0.39, 0.29) is 18.3 Å². The topological polar surface area (TPSA) is 107 Å². The molecule has 2 amide bonds. The number of H-pyrrole nitrogens is 1. The van der Waals surface area contributed by atoms with E-state index in [1.807, 2.05) is 18.3 Å². The number of hydrogen-bond donors (Lipinski definition) is 2. The molecule has 1 aromatic heterocycles. The van der Waals surface area contributed by atoms with Crippen LogP contribution in [0.4, 0.5) is 0 Å². The molecule has 0 atom stereocenters. The highest BCUT2D eigenvalue weighted by Gasteiger charge is 2.24. The van der Waals surface area contributed by atoms with Gasteiger partial charge in [-0.2, -0.15) is 0 Å². The van der Waals surface area contributed by atoms with Crippen molar-refractivity contribution in [2.45, 2.75) is 6.42 Å². The van der Waals surface area contributed by atoms with E-state index >= 15 is 0 Å². The Bertz CT molecular complexity index is 1170. The summed E-state index contributed by atoms with van der Waals surface area (Å²) in [5, 5.41) is 1.18. The van der Waals surface area contributed by atoms with Gasteiger partial charge in [0.25, 0.3) is 11.8 Å². The summed E-state index contributed by atoms with van der Waals surface area (Å²) < 4.78 is 16.1. The van der Waals surface area contributed by atoms with Crippen LogP contribution in [-0.2, 0) is 4.79 Å². The molecule has 166 valence electrons. The van der Waals surface area contributed by atoms with Crippen LogP contribution in [-0.4, -0.2) is 55.6 Å². The van der Waals surface area contributed by atoms with Crippen molar-refractivity contribution in [2.24, 2.45) is 5.73 Å². The number of carbonyl (C=O) groups is 2. The molecule has 0 unspecified atom stereocenters. The average molecular weight is 435 g/mol. The first-order valence-corrected chi connectivity index (χ1v) is 10.2. The van der Waals surface area contributed by atoms with Gasteiger partial charge in [0.05, 0.1) is 14.2 Å². The molecule has 0 radical (unpaired) electrons. The third-order valence-electron chi connectivity index (χ3n) is 5.50. The van der Waals surface area contributed by atoms with Crippen LogP contribution >= 0.6 is 0 Å². The Kier molecular flexibility index (Phi) is 6.02. The van der Waals surface area contributed by atoms with Gasteiger partial charge in [0.1, 0.15) is 0 Å². The quantitative estimate of drug-likeness (QED) is 0.593. The second kappa shape index (κ2) is 9.05. The fraction of sp³-hybridized carbons (Fsp3) is 0.250. The summed E-state index contributed by atoms with van der Waals surface area (Å²) in [7, 11) is 2.91. The SMILES string of the molecule is COc1cc(C(=O)N2CC=C(c3c[nH]c4ccccc34)CC2)cc(OC)c1OCC(N)=O. The van der Waals surface area contributed by atoms with Crippen LogP contribution < -0.4 is 19.9 Å². The fourth-order valence-electron chi connectivity index (χ4n) is 3.91. The Morgan fingerprint density at radius 2 is 1.84 bits per heavy atom. The monoisotopic (exact) mass is 435 g/mol. The molecule has 0 aliphatic carbocycles. The van der Waals surface area contributed by atoms with Crippen LogP contribution in [0.25, 0.3) is 16.5 Å². The largest absolute Gasteiger partial charge is 0.493 e. The zero-order chi connectivity index (χ0) is 22.7. The molecule has 3 aromatic rings. The summed E-state index contributed by atoms with van der Waals surface area (Å²) in [6.45, 7) is 0.764. The molecule has 0 saturated heterocycles. The fourth-order valence-corrected chi connectivity index (χ4v) is 3.91. The van der Waals surface area contributed by atoms with Gasteiger partial charge in [-0.15, -0.1) is 0 Å². The van der Waals surface area contributed by atoms with E-state index in [1.54, 1.807) is 17.0 Å². The summed E-state index contributed by atoms with van der Waals surface area (Å²) in [5.74, 6) is 0.0464. The molecule has 3 N–H and O–H groups in total. The van der Waals surface area contributed by atoms with Crippen LogP contribution in [0.2, 0.25) is 0 Å². The van der Waals surface area contributed by atoms with Gasteiger partial charge in [-0.25, -0.2) is 0 Å². The minimum atomic E-state index is -0.625. The van der Waals surface area contributed by atoms with Crippen LogP contribution in [0.15, 0.2) is 48.7 Å². The van der Waals surface area contributed by atoms with Gasteiger partial charge < -0.3 is 29.8 Å². The van der Waals surface area contributed by atoms with E-state index < -0.39 is 5.91 Å². The predicted octanol–water partition coefficient (Wildman–Crippen LogP) is 2.98. The van der Waals surface area contributed by atoms with Crippen molar-refractivity contribution in [3.63, 3.8) is 0 Å². The Labute approximate surface area is 185 Å². The molecule has 2 aromatic carbocycles. The van der Waals surface area contributed by atoms with Crippen LogP contribution in [0.3, 0.4) is 0 Å². The van der Waals surface area contributed by atoms with E-state index in [0.717, 1.165) is 11.9 Å². The molecular formula is C24H25N3O5. The lowest BCUT2D eigenvalue weighted by Crippen LogP contribution is -2.34. The number of methoxy groups -OCH3 is 2. The predicted molar refractivity (Wildman–Crippen MR) is 121 cm³/mol. The van der Waals surface area contributed by atoms with Crippen LogP contribution in [0.5, 0.6) is 17.2 Å². The minimum absolute atomic E-state index is 0.141. The van der Waals surface area contributed by atoms with Crippen molar-refractivity contribution in [3.8, 4) is 17.2 Å². The van der Waals surface area contributed by atoms with Crippen molar-refractivity contribution in [1.29, 1.82) is 0 Å². The number of para-hydroxylation sites is 1. The standard InChI is InChI=1S/C24H25N3O5/c1-30-20-11-16(12-21(31-2)23(20)32-14-22(25)28)24(29)27-9-7-15(8-10-27)18-13-26-19-6-4-3-5-17(18)19/h3-7,11-13,26H,8-10,14H2,1-2H3,(H2,25,28). The molecule has 8 nitrogen and oxygen atoms in total. The first kappa shape index (κ1) is 21.3. The van der Waals surface area contributed by atoms with E-state index in [1.165, 1.54) is 30.7 Å². The number of nitrogens with two attached hydrogens (primary N) is 1. The molecule has 0 saturated carbocycles. The van der Waals surface area contributed by atoms with Crippen LogP contribution in [0.1, 0.15) is 22.3 Å². The molecule has 1 aliphatic heterocycles. The lowest BCUT2D eigenvalue weighted by molar-refractivity contribution is -0.120. The number of aromatic nitrogens is 1. The number of carbonyl (C=O) groups excluding carboxylic acids is 2. The van der Waals surface area contributed by atoms with Crippen molar-refractivity contribution < 1.29 is 23.8 Å². The van der Waals surface area contributed by atoms with Gasteiger partial charge in [0.2, 0.25) is 5.75 Å². The first-order valence-electron chi connectivity index (χ1n) is 10.2. The van der Waals surface area contributed by atoms with Crippen molar-refractivity contribution >= 4 is 28.3 Å². The maximum absolute atomic E-state index is 13.2. The van der Waals surface area contributed by atoms with Crippen molar-refractivity contribution in [3.05, 3.63) is 59.8 Å². The summed E-state index contributed by atoms with van der Waals surface area (Å²) in [4.78, 5) is 29.3. The number of rotatable bonds is 7. The number of fused-ring (bicyclic) bond motifs is 1. The lowest BCUT2D eigenvalue weighted by atomic mass is 9.98. The van der Waals surface area contributed by atoms with Crippen LogP contribution in [0, 0.1) is 0 Å². The highest BCUT2D eigenvalue weighted by molar-refractivity contribution is 5.97. The summed E-state index contributed by atoms with van der Waals surface area (Å²) in [6, 6.07) is 11.3. The zero-order valence-corrected chi connectivity index (χ0v) is 18.0. The minimum Gasteiger partial charge on any atom is -0.493 e. The van der Waals surface area contributed by atoms with E-state index in [0.29, 0.717) is 30.2 Å². The summed E-state index contributed by atoms with van der Waals surface area (Å²) >= 11 is 0. The molecular weight excluding hydrogens is 410 g/mol. The normalized spacial score (nSPS) is 13.6. The number of ether oxygens (including phenoxy) is 3. The molecule has 1 aliphatic rings.